The zero-order chi connectivity index (χ0) is 32.8. The van der Waals surface area contributed by atoms with Crippen molar-refractivity contribution in [2.45, 2.75) is 26.1 Å². The molecule has 0 fully saturated rings. The largest absolute Gasteiger partial charge is 0.493 e. The standard InChI is InChI=1S/C35H38N6O5/c1-23-11-7-8-12-24(23)21-40(32(42)22-41-29-14-10-9-13-28(29)37-38-41)33(25-19-30(44-4)34(46-6)31(20-25)45-5)35(43)36-26-15-17-27(18-16-26)39(2)3/h7-20,33H,21-22H2,1-6H3,(H,36,43)/t33-/m1/s1. The fraction of sp³-hybridized carbons (Fsp3) is 0.257. The summed E-state index contributed by atoms with van der Waals surface area (Å²) < 4.78 is 18.4. The Balaban J connectivity index is 1.64. The summed E-state index contributed by atoms with van der Waals surface area (Å²) in [7, 11) is 8.42. The first-order valence-electron chi connectivity index (χ1n) is 14.7. The van der Waals surface area contributed by atoms with Gasteiger partial charge in [0.1, 0.15) is 18.1 Å². The van der Waals surface area contributed by atoms with Gasteiger partial charge in [-0.3, -0.25) is 9.59 Å². The SMILES string of the molecule is COc1cc([C@H](C(=O)Nc2ccc(N(C)C)cc2)N(Cc2ccccc2C)C(=O)Cn2nnc3ccccc32)cc(OC)c1OC. The molecule has 1 atom stereocenters. The van der Waals surface area contributed by atoms with Crippen molar-refractivity contribution >= 4 is 34.2 Å². The number of anilines is 2. The normalized spacial score (nSPS) is 11.5. The third-order valence-electron chi connectivity index (χ3n) is 7.84. The Morgan fingerprint density at radius 1 is 0.870 bits per heavy atom. The lowest BCUT2D eigenvalue weighted by Crippen LogP contribution is -2.42. The first-order valence-corrected chi connectivity index (χ1v) is 14.7. The number of amides is 2. The topological polar surface area (TPSA) is 111 Å². The van der Waals surface area contributed by atoms with Gasteiger partial charge >= 0.3 is 0 Å². The van der Waals surface area contributed by atoms with Crippen LogP contribution in [0.3, 0.4) is 0 Å². The maximum absolute atomic E-state index is 14.5. The van der Waals surface area contributed by atoms with Crippen LogP contribution in [0.1, 0.15) is 22.7 Å². The lowest BCUT2D eigenvalue weighted by Gasteiger charge is -2.32. The van der Waals surface area contributed by atoms with Gasteiger partial charge in [-0.1, -0.05) is 41.6 Å². The molecule has 46 heavy (non-hydrogen) atoms. The summed E-state index contributed by atoms with van der Waals surface area (Å²) in [6.45, 7) is 1.98. The van der Waals surface area contributed by atoms with E-state index in [1.165, 1.54) is 21.3 Å². The van der Waals surface area contributed by atoms with Crippen molar-refractivity contribution in [2.24, 2.45) is 0 Å². The molecule has 0 bridgehead atoms. The van der Waals surface area contributed by atoms with E-state index < -0.39 is 11.9 Å². The average molecular weight is 623 g/mol. The zero-order valence-electron chi connectivity index (χ0n) is 26.9. The van der Waals surface area contributed by atoms with Gasteiger partial charge in [-0.15, -0.1) is 5.10 Å². The van der Waals surface area contributed by atoms with E-state index in [4.69, 9.17) is 14.2 Å². The number of fused-ring (bicyclic) bond motifs is 1. The van der Waals surface area contributed by atoms with Gasteiger partial charge in [-0.2, -0.15) is 0 Å². The molecule has 1 N–H and O–H groups in total. The number of carbonyl (C=O) groups excluding carboxylic acids is 2. The van der Waals surface area contributed by atoms with Crippen molar-refractivity contribution in [1.82, 2.24) is 19.9 Å². The summed E-state index contributed by atoms with van der Waals surface area (Å²) in [6.07, 6.45) is 0. The third kappa shape index (κ3) is 6.73. The van der Waals surface area contributed by atoms with E-state index in [0.29, 0.717) is 39.5 Å². The Morgan fingerprint density at radius 3 is 2.15 bits per heavy atom. The molecule has 5 rings (SSSR count). The number of benzene rings is 4. The van der Waals surface area contributed by atoms with E-state index in [1.807, 2.05) is 98.7 Å². The van der Waals surface area contributed by atoms with Crippen molar-refractivity contribution in [3.63, 3.8) is 0 Å². The maximum atomic E-state index is 14.5. The minimum Gasteiger partial charge on any atom is -0.493 e. The maximum Gasteiger partial charge on any atom is 0.251 e. The molecule has 2 amide bonds. The van der Waals surface area contributed by atoms with Crippen LogP contribution in [-0.2, 0) is 22.7 Å². The number of hydrogen-bond acceptors (Lipinski definition) is 8. The second-order valence-corrected chi connectivity index (χ2v) is 11.0. The molecule has 5 aromatic rings. The lowest BCUT2D eigenvalue weighted by atomic mass is 10.00. The summed E-state index contributed by atoms with van der Waals surface area (Å²) in [6, 6.07) is 25.0. The van der Waals surface area contributed by atoms with Gasteiger partial charge in [0.2, 0.25) is 11.7 Å². The average Bonchev–Trinajstić information content (AvgIpc) is 3.47. The monoisotopic (exact) mass is 622 g/mol. The number of para-hydroxylation sites is 1. The summed E-state index contributed by atoms with van der Waals surface area (Å²) in [5.41, 5.74) is 5.29. The molecule has 1 aromatic heterocycles. The van der Waals surface area contributed by atoms with Crippen LogP contribution in [0.15, 0.2) is 84.9 Å². The number of ether oxygens (including phenoxy) is 3. The summed E-state index contributed by atoms with van der Waals surface area (Å²) in [5, 5.41) is 11.5. The molecule has 0 aliphatic heterocycles. The quantitative estimate of drug-likeness (QED) is 0.201. The Kier molecular flexibility index (Phi) is 9.70. The molecule has 0 saturated carbocycles. The molecule has 11 nitrogen and oxygen atoms in total. The van der Waals surface area contributed by atoms with Gasteiger partial charge < -0.3 is 29.3 Å². The first kappa shape index (κ1) is 31.8. The molecule has 0 aliphatic rings. The second-order valence-electron chi connectivity index (χ2n) is 11.0. The van der Waals surface area contributed by atoms with Gasteiger partial charge in [0.05, 0.1) is 26.8 Å². The minimum absolute atomic E-state index is 0.141. The van der Waals surface area contributed by atoms with E-state index >= 15 is 0 Å². The molecule has 0 saturated heterocycles. The van der Waals surface area contributed by atoms with Crippen LogP contribution in [0.4, 0.5) is 11.4 Å². The van der Waals surface area contributed by atoms with Crippen LogP contribution in [0, 0.1) is 6.92 Å². The number of nitrogens with zero attached hydrogens (tertiary/aromatic N) is 5. The second kappa shape index (κ2) is 14.0. The van der Waals surface area contributed by atoms with E-state index in [9.17, 15) is 9.59 Å². The molecule has 1 heterocycles. The highest BCUT2D eigenvalue weighted by molar-refractivity contribution is 5.98. The van der Waals surface area contributed by atoms with Crippen molar-refractivity contribution in [1.29, 1.82) is 0 Å². The molecule has 4 aromatic carbocycles. The number of hydrogen-bond donors (Lipinski definition) is 1. The smallest absolute Gasteiger partial charge is 0.251 e. The Morgan fingerprint density at radius 2 is 1.52 bits per heavy atom. The summed E-state index contributed by atoms with van der Waals surface area (Å²) in [4.78, 5) is 32.4. The highest BCUT2D eigenvalue weighted by Gasteiger charge is 2.34. The fourth-order valence-corrected chi connectivity index (χ4v) is 5.33. The van der Waals surface area contributed by atoms with E-state index in [2.05, 4.69) is 15.6 Å². The molecule has 0 aliphatic carbocycles. The van der Waals surface area contributed by atoms with Crippen LogP contribution in [-0.4, -0.2) is 67.1 Å². The van der Waals surface area contributed by atoms with Crippen LogP contribution in [0.5, 0.6) is 17.2 Å². The number of carbonyl (C=O) groups is 2. The van der Waals surface area contributed by atoms with Crippen LogP contribution >= 0.6 is 0 Å². The van der Waals surface area contributed by atoms with Crippen molar-refractivity contribution < 1.29 is 23.8 Å². The van der Waals surface area contributed by atoms with Crippen LogP contribution in [0.25, 0.3) is 11.0 Å². The summed E-state index contributed by atoms with van der Waals surface area (Å²) in [5.74, 6) is 0.331. The van der Waals surface area contributed by atoms with Gasteiger partial charge in [0, 0.05) is 32.0 Å². The van der Waals surface area contributed by atoms with Gasteiger partial charge in [-0.05, 0) is 72.1 Å². The number of aryl methyl sites for hydroxylation is 1. The van der Waals surface area contributed by atoms with Crippen LogP contribution in [0.2, 0.25) is 0 Å². The number of rotatable bonds is 12. The van der Waals surface area contributed by atoms with E-state index in [1.54, 1.807) is 21.7 Å². The summed E-state index contributed by atoms with van der Waals surface area (Å²) >= 11 is 0. The molecule has 0 spiro atoms. The number of nitrogens with one attached hydrogen (secondary N) is 1. The van der Waals surface area contributed by atoms with Crippen molar-refractivity contribution in [3.05, 3.63) is 102 Å². The molecule has 238 valence electrons. The predicted molar refractivity (Wildman–Crippen MR) is 177 cm³/mol. The highest BCUT2D eigenvalue weighted by atomic mass is 16.5. The minimum atomic E-state index is -1.11. The van der Waals surface area contributed by atoms with Gasteiger partial charge in [-0.25, -0.2) is 4.68 Å². The fourth-order valence-electron chi connectivity index (χ4n) is 5.33. The first-order chi connectivity index (χ1) is 22.2. The number of methoxy groups -OCH3 is 3. The number of aromatic nitrogens is 3. The lowest BCUT2D eigenvalue weighted by molar-refractivity contribution is -0.140. The van der Waals surface area contributed by atoms with E-state index in [0.717, 1.165) is 16.8 Å². The Labute approximate surface area is 268 Å². The molecule has 0 radical (unpaired) electrons. The molecular formula is C35H38N6O5. The van der Waals surface area contributed by atoms with Gasteiger partial charge in [0.15, 0.2) is 11.5 Å². The molecule has 0 unspecified atom stereocenters. The Hall–Kier alpha value is -5.58. The third-order valence-corrected chi connectivity index (χ3v) is 7.84. The Bertz CT molecular complexity index is 1810. The van der Waals surface area contributed by atoms with Crippen LogP contribution < -0.4 is 24.4 Å². The predicted octanol–water partition coefficient (Wildman–Crippen LogP) is 5.24. The van der Waals surface area contributed by atoms with Crippen molar-refractivity contribution in [3.8, 4) is 17.2 Å². The zero-order valence-corrected chi connectivity index (χ0v) is 26.9. The van der Waals surface area contributed by atoms with Gasteiger partial charge in [0.25, 0.3) is 5.91 Å². The molecular weight excluding hydrogens is 584 g/mol. The van der Waals surface area contributed by atoms with E-state index in [-0.39, 0.29) is 19.0 Å². The highest BCUT2D eigenvalue weighted by Crippen LogP contribution is 2.41. The van der Waals surface area contributed by atoms with Crippen molar-refractivity contribution in [2.75, 3.05) is 45.6 Å². The molecule has 11 heteroatoms.